The van der Waals surface area contributed by atoms with E-state index in [1.165, 1.54) is 0 Å². The number of alkyl halides is 6. The predicted octanol–water partition coefficient (Wildman–Crippen LogP) is 2.07. The molecule has 0 spiro atoms. The molecule has 0 heterocycles. The van der Waals surface area contributed by atoms with Gasteiger partial charge in [0.15, 0.2) is 5.41 Å². The lowest BCUT2D eigenvalue weighted by molar-refractivity contribution is -0.383. The van der Waals surface area contributed by atoms with Gasteiger partial charge in [0.25, 0.3) is 0 Å². The minimum Gasteiger partial charge on any atom is -0.392 e. The molecule has 0 saturated heterocycles. The number of nitrogens with two attached hydrogens (primary N) is 2. The second-order valence-corrected chi connectivity index (χ2v) is 7.35. The second kappa shape index (κ2) is 6.86. The SMILES string of the molecule is NC1CC(C(C2CCC(O)C(N)C2)(C(F)(F)F)C(F)(F)F)CCC1O. The van der Waals surface area contributed by atoms with Crippen LogP contribution in [0.15, 0.2) is 0 Å². The fourth-order valence-corrected chi connectivity index (χ4v) is 4.63. The van der Waals surface area contributed by atoms with Crippen LogP contribution in [0.3, 0.4) is 0 Å². The van der Waals surface area contributed by atoms with Crippen molar-refractivity contribution >= 4 is 0 Å². The van der Waals surface area contributed by atoms with Crippen molar-refractivity contribution in [1.82, 2.24) is 0 Å². The molecule has 10 heteroatoms. The number of aliphatic hydroxyl groups is 2. The van der Waals surface area contributed by atoms with E-state index in [0.717, 1.165) is 0 Å². The van der Waals surface area contributed by atoms with Crippen LogP contribution in [0.1, 0.15) is 38.5 Å². The highest BCUT2D eigenvalue weighted by Crippen LogP contribution is 2.64. The Labute approximate surface area is 141 Å². The molecule has 0 aromatic rings. The Hall–Kier alpha value is -0.580. The molecule has 0 aliphatic heterocycles. The zero-order chi connectivity index (χ0) is 19.2. The van der Waals surface area contributed by atoms with E-state index in [-0.39, 0.29) is 12.8 Å². The summed E-state index contributed by atoms with van der Waals surface area (Å²) in [5, 5.41) is 19.2. The van der Waals surface area contributed by atoms with E-state index in [9.17, 15) is 36.6 Å². The normalized spacial score (nSPS) is 38.6. The minimum absolute atomic E-state index is 0.207. The zero-order valence-electron chi connectivity index (χ0n) is 13.5. The van der Waals surface area contributed by atoms with E-state index in [1.54, 1.807) is 0 Å². The molecule has 0 aromatic heterocycles. The van der Waals surface area contributed by atoms with Gasteiger partial charge in [-0.15, -0.1) is 0 Å². The van der Waals surface area contributed by atoms with Gasteiger partial charge < -0.3 is 21.7 Å². The maximum atomic E-state index is 14.0. The Morgan fingerprint density at radius 1 is 0.640 bits per heavy atom. The minimum atomic E-state index is -5.54. The van der Waals surface area contributed by atoms with E-state index in [1.807, 2.05) is 0 Å². The molecule has 0 aromatic carbocycles. The summed E-state index contributed by atoms with van der Waals surface area (Å²) in [6.07, 6.45) is -15.7. The third-order valence-corrected chi connectivity index (χ3v) is 5.95. The first-order chi connectivity index (χ1) is 11.3. The molecule has 6 atom stereocenters. The molecular formula is C15H24F6N2O2. The quantitative estimate of drug-likeness (QED) is 0.554. The van der Waals surface area contributed by atoms with Crippen LogP contribution in [-0.2, 0) is 0 Å². The van der Waals surface area contributed by atoms with Gasteiger partial charge in [0, 0.05) is 12.1 Å². The molecule has 0 radical (unpaired) electrons. The van der Waals surface area contributed by atoms with Gasteiger partial charge in [-0.05, 0) is 50.4 Å². The summed E-state index contributed by atoms with van der Waals surface area (Å²) in [5.74, 6) is -3.56. The highest BCUT2D eigenvalue weighted by atomic mass is 19.4. The van der Waals surface area contributed by atoms with Crippen molar-refractivity contribution in [2.45, 2.75) is 75.2 Å². The average molecular weight is 378 g/mol. The van der Waals surface area contributed by atoms with Crippen molar-refractivity contribution in [2.75, 3.05) is 0 Å². The molecule has 25 heavy (non-hydrogen) atoms. The highest BCUT2D eigenvalue weighted by Gasteiger charge is 2.76. The van der Waals surface area contributed by atoms with Gasteiger partial charge in [-0.25, -0.2) is 0 Å². The molecule has 6 N–H and O–H groups in total. The Balaban J connectivity index is 2.50. The maximum Gasteiger partial charge on any atom is 0.403 e. The fraction of sp³-hybridized carbons (Fsp3) is 1.00. The van der Waals surface area contributed by atoms with Gasteiger partial charge >= 0.3 is 12.4 Å². The summed E-state index contributed by atoms with van der Waals surface area (Å²) in [7, 11) is 0. The predicted molar refractivity (Wildman–Crippen MR) is 77.2 cm³/mol. The molecule has 0 amide bonds. The largest absolute Gasteiger partial charge is 0.403 e. The lowest BCUT2D eigenvalue weighted by Gasteiger charge is -2.52. The van der Waals surface area contributed by atoms with E-state index in [2.05, 4.69) is 0 Å². The summed E-state index contributed by atoms with van der Waals surface area (Å²) < 4.78 is 83.8. The molecule has 0 bridgehead atoms. The number of hydrogen-bond acceptors (Lipinski definition) is 4. The van der Waals surface area contributed by atoms with Crippen molar-refractivity contribution in [2.24, 2.45) is 28.7 Å². The Morgan fingerprint density at radius 3 is 1.20 bits per heavy atom. The highest BCUT2D eigenvalue weighted by molar-refractivity contribution is 5.07. The van der Waals surface area contributed by atoms with Gasteiger partial charge in [-0.2, -0.15) is 26.3 Å². The van der Waals surface area contributed by atoms with Gasteiger partial charge in [-0.3, -0.25) is 0 Å². The van der Waals surface area contributed by atoms with Gasteiger partial charge in [0.1, 0.15) is 0 Å². The van der Waals surface area contributed by atoms with Crippen LogP contribution >= 0.6 is 0 Å². The van der Waals surface area contributed by atoms with E-state index < -0.39 is 79.6 Å². The standard InChI is InChI=1S/C15H24F6N2O2/c16-14(17,18)13(15(19,20)21,7-1-3-11(24)9(22)5-7)8-2-4-12(25)10(23)6-8/h7-12,24-25H,1-6,22-23H2. The third-order valence-electron chi connectivity index (χ3n) is 5.95. The van der Waals surface area contributed by atoms with E-state index in [4.69, 9.17) is 11.5 Å². The number of aliphatic hydroxyl groups excluding tert-OH is 2. The van der Waals surface area contributed by atoms with Crippen molar-refractivity contribution in [1.29, 1.82) is 0 Å². The van der Waals surface area contributed by atoms with Crippen molar-refractivity contribution in [3.8, 4) is 0 Å². The summed E-state index contributed by atoms with van der Waals surface area (Å²) in [6, 6.07) is -2.27. The number of rotatable bonds is 2. The Morgan fingerprint density at radius 2 is 0.960 bits per heavy atom. The van der Waals surface area contributed by atoms with E-state index >= 15 is 0 Å². The number of hydrogen-bond donors (Lipinski definition) is 4. The van der Waals surface area contributed by atoms with Gasteiger partial charge in [-0.1, -0.05) is 0 Å². The molecule has 2 saturated carbocycles. The first-order valence-corrected chi connectivity index (χ1v) is 8.33. The maximum absolute atomic E-state index is 14.0. The molecule has 6 unspecified atom stereocenters. The lowest BCUT2D eigenvalue weighted by Crippen LogP contribution is -2.63. The van der Waals surface area contributed by atoms with Crippen LogP contribution in [0.4, 0.5) is 26.3 Å². The average Bonchev–Trinajstić information content (AvgIpc) is 2.44. The molecule has 2 rings (SSSR count). The van der Waals surface area contributed by atoms with Crippen molar-refractivity contribution in [3.05, 3.63) is 0 Å². The monoisotopic (exact) mass is 378 g/mol. The van der Waals surface area contributed by atoms with Crippen LogP contribution in [0.2, 0.25) is 0 Å². The van der Waals surface area contributed by atoms with Crippen molar-refractivity contribution in [3.63, 3.8) is 0 Å². The fourth-order valence-electron chi connectivity index (χ4n) is 4.63. The molecule has 4 nitrogen and oxygen atoms in total. The summed E-state index contributed by atoms with van der Waals surface area (Å²) in [6.45, 7) is 0. The Bertz CT molecular complexity index is 428. The molecule has 148 valence electrons. The summed E-state index contributed by atoms with van der Waals surface area (Å²) in [5.41, 5.74) is 7.23. The van der Waals surface area contributed by atoms with Crippen molar-refractivity contribution < 1.29 is 36.6 Å². The van der Waals surface area contributed by atoms with Crippen LogP contribution in [0, 0.1) is 17.3 Å². The molecule has 2 aliphatic carbocycles. The topological polar surface area (TPSA) is 92.5 Å². The van der Waals surface area contributed by atoms with E-state index in [0.29, 0.717) is 0 Å². The van der Waals surface area contributed by atoms with Crippen LogP contribution in [0.25, 0.3) is 0 Å². The lowest BCUT2D eigenvalue weighted by atomic mass is 9.56. The van der Waals surface area contributed by atoms with Crippen LogP contribution in [0.5, 0.6) is 0 Å². The first kappa shape index (κ1) is 20.7. The molecule has 2 aliphatic rings. The Kier molecular flexibility index (Phi) is 5.69. The molecular weight excluding hydrogens is 354 g/mol. The third kappa shape index (κ3) is 3.50. The summed E-state index contributed by atoms with van der Waals surface area (Å²) in [4.78, 5) is 0. The van der Waals surface area contributed by atoms with Gasteiger partial charge in [0.2, 0.25) is 0 Å². The zero-order valence-corrected chi connectivity index (χ0v) is 13.5. The van der Waals surface area contributed by atoms with Crippen LogP contribution < -0.4 is 11.5 Å². The molecule has 2 fully saturated rings. The van der Waals surface area contributed by atoms with Gasteiger partial charge in [0.05, 0.1) is 12.2 Å². The smallest absolute Gasteiger partial charge is 0.392 e. The summed E-state index contributed by atoms with van der Waals surface area (Å²) >= 11 is 0. The second-order valence-electron chi connectivity index (χ2n) is 7.35. The first-order valence-electron chi connectivity index (χ1n) is 8.33. The number of halogens is 6. The van der Waals surface area contributed by atoms with Crippen LogP contribution in [-0.4, -0.2) is 46.9 Å².